The number of aryl methyl sites for hydroxylation is 1. The van der Waals surface area contributed by atoms with Crippen LogP contribution in [0.15, 0.2) is 29.0 Å². The highest BCUT2D eigenvalue weighted by Gasteiger charge is 2.20. The molecule has 1 aromatic heterocycles. The fourth-order valence-corrected chi connectivity index (χ4v) is 2.13. The predicted molar refractivity (Wildman–Crippen MR) is 68.0 cm³/mol. The Bertz CT molecular complexity index is 545. The van der Waals surface area contributed by atoms with Crippen LogP contribution in [0.1, 0.15) is 24.1 Å². The van der Waals surface area contributed by atoms with E-state index in [1.54, 1.807) is 10.9 Å². The minimum absolute atomic E-state index is 0.145. The topological polar surface area (TPSA) is 43.8 Å². The number of benzene rings is 1. The minimum atomic E-state index is -0.863. The van der Waals surface area contributed by atoms with Gasteiger partial charge in [0.05, 0.1) is 12.2 Å². The Labute approximate surface area is 112 Å². The van der Waals surface area contributed by atoms with E-state index in [0.717, 1.165) is 0 Å². The Morgan fingerprint density at radius 2 is 2.00 bits per heavy atom. The first-order valence-corrected chi connectivity index (χ1v) is 6.24. The summed E-state index contributed by atoms with van der Waals surface area (Å²) in [5.41, 5.74) is 6.32. The summed E-state index contributed by atoms with van der Waals surface area (Å²) >= 11 is 3.03. The van der Waals surface area contributed by atoms with Crippen LogP contribution in [0.2, 0.25) is 0 Å². The molecule has 1 heterocycles. The molecular weight excluding hydrogens is 304 g/mol. The molecule has 0 spiro atoms. The second-order valence-corrected chi connectivity index (χ2v) is 4.81. The number of aromatic nitrogens is 2. The molecule has 0 fully saturated rings. The molecule has 18 heavy (non-hydrogen) atoms. The van der Waals surface area contributed by atoms with Gasteiger partial charge in [0.15, 0.2) is 0 Å². The normalized spacial score (nSPS) is 12.7. The molecule has 0 aliphatic heterocycles. The number of nitrogens with two attached hydrogens (primary N) is 1. The lowest BCUT2D eigenvalue weighted by Crippen LogP contribution is -2.15. The van der Waals surface area contributed by atoms with Gasteiger partial charge in [-0.2, -0.15) is 5.10 Å². The summed E-state index contributed by atoms with van der Waals surface area (Å²) in [6.07, 6.45) is 3.21. The van der Waals surface area contributed by atoms with Crippen molar-refractivity contribution in [2.45, 2.75) is 19.5 Å². The quantitative estimate of drug-likeness (QED) is 0.946. The van der Waals surface area contributed by atoms with E-state index < -0.39 is 17.7 Å². The molecule has 2 aromatic rings. The highest BCUT2D eigenvalue weighted by Crippen LogP contribution is 2.27. The minimum Gasteiger partial charge on any atom is -0.320 e. The molecule has 96 valence electrons. The van der Waals surface area contributed by atoms with Crippen molar-refractivity contribution in [3.05, 3.63) is 51.8 Å². The van der Waals surface area contributed by atoms with Crippen LogP contribution in [0.3, 0.4) is 0 Å². The van der Waals surface area contributed by atoms with Gasteiger partial charge in [-0.3, -0.25) is 4.68 Å². The Hall–Kier alpha value is -1.27. The van der Waals surface area contributed by atoms with E-state index in [-0.39, 0.29) is 5.56 Å². The van der Waals surface area contributed by atoms with Gasteiger partial charge < -0.3 is 5.73 Å². The van der Waals surface area contributed by atoms with Crippen LogP contribution >= 0.6 is 15.9 Å². The van der Waals surface area contributed by atoms with Crippen LogP contribution in [0, 0.1) is 11.6 Å². The van der Waals surface area contributed by atoms with Crippen molar-refractivity contribution in [3.8, 4) is 0 Å². The van der Waals surface area contributed by atoms with Gasteiger partial charge in [-0.1, -0.05) is 15.9 Å². The van der Waals surface area contributed by atoms with Gasteiger partial charge in [0.25, 0.3) is 0 Å². The molecular formula is C12H12BrF2N3. The van der Waals surface area contributed by atoms with Crippen LogP contribution in [0.4, 0.5) is 8.78 Å². The Morgan fingerprint density at radius 1 is 1.39 bits per heavy atom. The molecule has 0 radical (unpaired) electrons. The molecule has 2 N–H and O–H groups in total. The summed E-state index contributed by atoms with van der Waals surface area (Å²) < 4.78 is 29.5. The third-order valence-electron chi connectivity index (χ3n) is 2.69. The first kappa shape index (κ1) is 13.2. The van der Waals surface area contributed by atoms with Crippen molar-refractivity contribution >= 4 is 15.9 Å². The van der Waals surface area contributed by atoms with Crippen LogP contribution in [-0.2, 0) is 6.54 Å². The van der Waals surface area contributed by atoms with Gasteiger partial charge in [0.2, 0.25) is 0 Å². The number of rotatable bonds is 3. The molecule has 0 bridgehead atoms. The van der Waals surface area contributed by atoms with Gasteiger partial charge in [0, 0.05) is 28.3 Å². The highest BCUT2D eigenvalue weighted by molar-refractivity contribution is 9.10. The number of hydrogen-bond donors (Lipinski definition) is 1. The Balaban J connectivity index is 2.42. The van der Waals surface area contributed by atoms with Crippen molar-refractivity contribution in [2.75, 3.05) is 0 Å². The first-order chi connectivity index (χ1) is 8.52. The summed E-state index contributed by atoms with van der Waals surface area (Å²) in [6, 6.07) is 1.53. The second kappa shape index (κ2) is 5.16. The van der Waals surface area contributed by atoms with E-state index in [9.17, 15) is 8.78 Å². The maximum Gasteiger partial charge on any atom is 0.132 e. The molecule has 2 rings (SSSR count). The maximum absolute atomic E-state index is 13.8. The Morgan fingerprint density at radius 3 is 2.50 bits per heavy atom. The standard InChI is InChI=1S/C12H12BrF2N3/c1-2-18-6-7(5-17-18)12(16)11-9(14)3-8(13)4-10(11)15/h3-6,12H,2,16H2,1H3. The summed E-state index contributed by atoms with van der Waals surface area (Å²) in [5, 5.41) is 4.04. The second-order valence-electron chi connectivity index (χ2n) is 3.89. The molecule has 0 aliphatic rings. The van der Waals surface area contributed by atoms with Crippen LogP contribution in [0.25, 0.3) is 0 Å². The lowest BCUT2D eigenvalue weighted by Gasteiger charge is -2.12. The zero-order valence-corrected chi connectivity index (χ0v) is 11.3. The fraction of sp³-hybridized carbons (Fsp3) is 0.250. The monoisotopic (exact) mass is 315 g/mol. The third-order valence-corrected chi connectivity index (χ3v) is 3.15. The van der Waals surface area contributed by atoms with E-state index >= 15 is 0 Å². The summed E-state index contributed by atoms with van der Waals surface area (Å²) in [4.78, 5) is 0. The zero-order chi connectivity index (χ0) is 13.3. The van der Waals surface area contributed by atoms with E-state index in [1.165, 1.54) is 18.3 Å². The molecule has 0 aliphatic carbocycles. The number of nitrogens with zero attached hydrogens (tertiary/aromatic N) is 2. The van der Waals surface area contributed by atoms with Gasteiger partial charge in [0.1, 0.15) is 11.6 Å². The van der Waals surface area contributed by atoms with E-state index in [1.807, 2.05) is 6.92 Å². The summed E-state index contributed by atoms with van der Waals surface area (Å²) in [6.45, 7) is 2.60. The summed E-state index contributed by atoms with van der Waals surface area (Å²) in [7, 11) is 0. The number of hydrogen-bond acceptors (Lipinski definition) is 2. The van der Waals surface area contributed by atoms with Crippen molar-refractivity contribution in [3.63, 3.8) is 0 Å². The largest absolute Gasteiger partial charge is 0.320 e. The molecule has 1 atom stereocenters. The molecule has 1 aromatic carbocycles. The van der Waals surface area contributed by atoms with Crippen LogP contribution < -0.4 is 5.73 Å². The zero-order valence-electron chi connectivity index (χ0n) is 9.70. The maximum atomic E-state index is 13.8. The van der Waals surface area contributed by atoms with Crippen molar-refractivity contribution in [2.24, 2.45) is 5.73 Å². The van der Waals surface area contributed by atoms with Gasteiger partial charge in [-0.05, 0) is 19.1 Å². The van der Waals surface area contributed by atoms with Gasteiger partial charge in [-0.25, -0.2) is 8.78 Å². The average Bonchev–Trinajstić information content (AvgIpc) is 2.75. The van der Waals surface area contributed by atoms with E-state index in [4.69, 9.17) is 5.73 Å². The van der Waals surface area contributed by atoms with Crippen molar-refractivity contribution < 1.29 is 8.78 Å². The molecule has 1 unspecified atom stereocenters. The lowest BCUT2D eigenvalue weighted by atomic mass is 10.0. The lowest BCUT2D eigenvalue weighted by molar-refractivity contribution is 0.542. The van der Waals surface area contributed by atoms with E-state index in [0.29, 0.717) is 16.6 Å². The van der Waals surface area contributed by atoms with Crippen molar-refractivity contribution in [1.82, 2.24) is 9.78 Å². The van der Waals surface area contributed by atoms with Gasteiger partial charge >= 0.3 is 0 Å². The highest BCUT2D eigenvalue weighted by atomic mass is 79.9. The summed E-state index contributed by atoms with van der Waals surface area (Å²) in [5.74, 6) is -1.34. The third kappa shape index (κ3) is 2.44. The SMILES string of the molecule is CCn1cc(C(N)c2c(F)cc(Br)cc2F)cn1. The van der Waals surface area contributed by atoms with Crippen LogP contribution in [-0.4, -0.2) is 9.78 Å². The smallest absolute Gasteiger partial charge is 0.132 e. The molecule has 0 amide bonds. The predicted octanol–water partition coefficient (Wildman–Crippen LogP) is 2.99. The molecule has 0 saturated heterocycles. The average molecular weight is 316 g/mol. The molecule has 6 heteroatoms. The molecule has 0 saturated carbocycles. The van der Waals surface area contributed by atoms with Crippen LogP contribution in [0.5, 0.6) is 0 Å². The first-order valence-electron chi connectivity index (χ1n) is 5.45. The Kier molecular flexibility index (Phi) is 3.77. The van der Waals surface area contributed by atoms with Gasteiger partial charge in [-0.15, -0.1) is 0 Å². The van der Waals surface area contributed by atoms with Crippen molar-refractivity contribution in [1.29, 1.82) is 0 Å². The molecule has 3 nitrogen and oxygen atoms in total. The number of halogens is 3. The van der Waals surface area contributed by atoms with E-state index in [2.05, 4.69) is 21.0 Å². The fourth-order valence-electron chi connectivity index (χ4n) is 1.73.